The topological polar surface area (TPSA) is 48.7 Å². The molecule has 0 bridgehead atoms. The average molecular weight is 231 g/mol. The normalized spacial score (nSPS) is 11.4. The highest BCUT2D eigenvalue weighted by atomic mass is 15.0. The molecule has 0 saturated heterocycles. The summed E-state index contributed by atoms with van der Waals surface area (Å²) in [6, 6.07) is 4.06. The predicted octanol–water partition coefficient (Wildman–Crippen LogP) is 3.36. The molecular formula is C14H21N3. The summed E-state index contributed by atoms with van der Waals surface area (Å²) in [5, 5.41) is 12.4. The van der Waals surface area contributed by atoms with E-state index in [4.69, 9.17) is 5.26 Å². The molecule has 0 fully saturated rings. The van der Waals surface area contributed by atoms with Gasteiger partial charge >= 0.3 is 0 Å². The van der Waals surface area contributed by atoms with Gasteiger partial charge in [-0.25, -0.2) is 4.98 Å². The van der Waals surface area contributed by atoms with Crippen molar-refractivity contribution < 1.29 is 0 Å². The third-order valence-electron chi connectivity index (χ3n) is 3.55. The molecule has 0 atom stereocenters. The van der Waals surface area contributed by atoms with E-state index < -0.39 is 0 Å². The minimum atomic E-state index is 0.179. The van der Waals surface area contributed by atoms with Gasteiger partial charge in [-0.15, -0.1) is 0 Å². The SMILES string of the molecule is Cc1ccnc(NCC(C)(C)C(C)C)c1C#N. The molecule has 0 aliphatic carbocycles. The Hall–Kier alpha value is -1.56. The van der Waals surface area contributed by atoms with Crippen molar-refractivity contribution in [2.24, 2.45) is 11.3 Å². The van der Waals surface area contributed by atoms with Crippen LogP contribution >= 0.6 is 0 Å². The molecule has 0 aromatic carbocycles. The van der Waals surface area contributed by atoms with Crippen molar-refractivity contribution in [3.63, 3.8) is 0 Å². The van der Waals surface area contributed by atoms with Crippen LogP contribution in [0, 0.1) is 29.6 Å². The second-order valence-electron chi connectivity index (χ2n) is 5.46. The third-order valence-corrected chi connectivity index (χ3v) is 3.55. The first-order chi connectivity index (χ1) is 7.88. The van der Waals surface area contributed by atoms with Crippen LogP contribution in [0.25, 0.3) is 0 Å². The first-order valence-electron chi connectivity index (χ1n) is 5.98. The van der Waals surface area contributed by atoms with E-state index in [2.05, 4.69) is 44.1 Å². The largest absolute Gasteiger partial charge is 0.368 e. The van der Waals surface area contributed by atoms with Crippen molar-refractivity contribution in [3.05, 3.63) is 23.4 Å². The Morgan fingerprint density at radius 2 is 2.12 bits per heavy atom. The summed E-state index contributed by atoms with van der Waals surface area (Å²) in [5.41, 5.74) is 1.79. The van der Waals surface area contributed by atoms with E-state index in [0.29, 0.717) is 17.3 Å². The number of hydrogen-bond donors (Lipinski definition) is 1. The van der Waals surface area contributed by atoms with Crippen LogP contribution in [0.15, 0.2) is 12.3 Å². The first kappa shape index (κ1) is 13.5. The number of anilines is 1. The van der Waals surface area contributed by atoms with Crippen molar-refractivity contribution in [2.75, 3.05) is 11.9 Å². The second-order valence-corrected chi connectivity index (χ2v) is 5.46. The van der Waals surface area contributed by atoms with Gasteiger partial charge in [0.1, 0.15) is 11.9 Å². The third kappa shape index (κ3) is 3.20. The lowest BCUT2D eigenvalue weighted by Gasteiger charge is -2.29. The van der Waals surface area contributed by atoms with Gasteiger partial charge in [0.25, 0.3) is 0 Å². The van der Waals surface area contributed by atoms with Gasteiger partial charge in [0.2, 0.25) is 0 Å². The van der Waals surface area contributed by atoms with Crippen molar-refractivity contribution in [1.82, 2.24) is 4.98 Å². The molecule has 1 aromatic rings. The van der Waals surface area contributed by atoms with E-state index in [1.807, 2.05) is 13.0 Å². The molecule has 0 amide bonds. The van der Waals surface area contributed by atoms with Gasteiger partial charge in [0.15, 0.2) is 0 Å². The maximum Gasteiger partial charge on any atom is 0.144 e. The Morgan fingerprint density at radius 1 is 1.47 bits per heavy atom. The first-order valence-corrected chi connectivity index (χ1v) is 5.98. The number of rotatable bonds is 4. The van der Waals surface area contributed by atoms with Crippen LogP contribution in [0.3, 0.4) is 0 Å². The zero-order chi connectivity index (χ0) is 13.1. The second kappa shape index (κ2) is 5.18. The van der Waals surface area contributed by atoms with Crippen LogP contribution in [0.2, 0.25) is 0 Å². The average Bonchev–Trinajstić information content (AvgIpc) is 2.26. The molecule has 0 aliphatic heterocycles. The number of aromatic nitrogens is 1. The molecule has 1 rings (SSSR count). The number of nitrogens with zero attached hydrogens (tertiary/aromatic N) is 2. The van der Waals surface area contributed by atoms with Gasteiger partial charge in [-0.1, -0.05) is 27.7 Å². The monoisotopic (exact) mass is 231 g/mol. The van der Waals surface area contributed by atoms with Gasteiger partial charge in [0.05, 0.1) is 5.56 Å². The smallest absolute Gasteiger partial charge is 0.144 e. The Bertz CT molecular complexity index is 428. The highest BCUT2D eigenvalue weighted by Crippen LogP contribution is 2.26. The molecule has 3 heteroatoms. The van der Waals surface area contributed by atoms with Crippen molar-refractivity contribution in [3.8, 4) is 6.07 Å². The van der Waals surface area contributed by atoms with Gasteiger partial charge in [-0.2, -0.15) is 5.26 Å². The summed E-state index contributed by atoms with van der Waals surface area (Å²) in [7, 11) is 0. The molecule has 0 spiro atoms. The molecule has 1 N–H and O–H groups in total. The van der Waals surface area contributed by atoms with Gasteiger partial charge in [0, 0.05) is 12.7 Å². The van der Waals surface area contributed by atoms with Crippen molar-refractivity contribution >= 4 is 5.82 Å². The van der Waals surface area contributed by atoms with Crippen molar-refractivity contribution in [2.45, 2.75) is 34.6 Å². The maximum atomic E-state index is 9.11. The molecule has 0 unspecified atom stereocenters. The van der Waals surface area contributed by atoms with Crippen LogP contribution in [-0.4, -0.2) is 11.5 Å². The lowest BCUT2D eigenvalue weighted by Crippen LogP contribution is -2.29. The van der Waals surface area contributed by atoms with Gasteiger partial charge in [-0.3, -0.25) is 0 Å². The lowest BCUT2D eigenvalue weighted by molar-refractivity contribution is 0.269. The van der Waals surface area contributed by atoms with Crippen LogP contribution in [0.1, 0.15) is 38.8 Å². The van der Waals surface area contributed by atoms with Crippen LogP contribution in [-0.2, 0) is 0 Å². The summed E-state index contributed by atoms with van der Waals surface area (Å²) in [6.07, 6.45) is 1.74. The minimum absolute atomic E-state index is 0.179. The molecule has 17 heavy (non-hydrogen) atoms. The van der Waals surface area contributed by atoms with E-state index in [9.17, 15) is 0 Å². The molecule has 0 saturated carbocycles. The molecule has 0 radical (unpaired) electrons. The Balaban J connectivity index is 2.84. The standard InChI is InChI=1S/C14H21N3/c1-10(2)14(4,5)9-17-13-12(8-15)11(3)6-7-16-13/h6-7,10H,9H2,1-5H3,(H,16,17). The van der Waals surface area contributed by atoms with Gasteiger partial charge in [-0.05, 0) is 29.9 Å². The van der Waals surface area contributed by atoms with E-state index in [1.165, 1.54) is 0 Å². The minimum Gasteiger partial charge on any atom is -0.368 e. The Kier molecular flexibility index (Phi) is 4.11. The van der Waals surface area contributed by atoms with Crippen LogP contribution < -0.4 is 5.32 Å². The lowest BCUT2D eigenvalue weighted by atomic mass is 9.81. The Morgan fingerprint density at radius 3 is 2.65 bits per heavy atom. The number of pyridine rings is 1. The molecule has 1 heterocycles. The van der Waals surface area contributed by atoms with Crippen LogP contribution in [0.4, 0.5) is 5.82 Å². The number of hydrogen-bond acceptors (Lipinski definition) is 3. The molecule has 92 valence electrons. The van der Waals surface area contributed by atoms with Gasteiger partial charge < -0.3 is 5.32 Å². The van der Waals surface area contributed by atoms with E-state index in [1.54, 1.807) is 6.20 Å². The zero-order valence-corrected chi connectivity index (χ0v) is 11.3. The molecule has 0 aliphatic rings. The highest BCUT2D eigenvalue weighted by Gasteiger charge is 2.22. The molecule has 1 aromatic heterocycles. The van der Waals surface area contributed by atoms with Crippen molar-refractivity contribution in [1.29, 1.82) is 5.26 Å². The number of aryl methyl sites for hydroxylation is 1. The summed E-state index contributed by atoms with van der Waals surface area (Å²) in [4.78, 5) is 4.24. The number of nitrogens with one attached hydrogen (secondary N) is 1. The number of nitriles is 1. The Labute approximate surface area is 104 Å². The summed E-state index contributed by atoms with van der Waals surface area (Å²) in [6.45, 7) is 11.6. The van der Waals surface area contributed by atoms with E-state index in [0.717, 1.165) is 12.1 Å². The molecular weight excluding hydrogens is 210 g/mol. The van der Waals surface area contributed by atoms with E-state index in [-0.39, 0.29) is 5.41 Å². The zero-order valence-electron chi connectivity index (χ0n) is 11.3. The predicted molar refractivity (Wildman–Crippen MR) is 70.8 cm³/mol. The summed E-state index contributed by atoms with van der Waals surface area (Å²) in [5.74, 6) is 1.27. The fraction of sp³-hybridized carbons (Fsp3) is 0.571. The molecule has 3 nitrogen and oxygen atoms in total. The van der Waals surface area contributed by atoms with Crippen LogP contribution in [0.5, 0.6) is 0 Å². The summed E-state index contributed by atoms with van der Waals surface area (Å²) >= 11 is 0. The quantitative estimate of drug-likeness (QED) is 0.864. The highest BCUT2D eigenvalue weighted by molar-refractivity contribution is 5.55. The van der Waals surface area contributed by atoms with E-state index >= 15 is 0 Å². The summed E-state index contributed by atoms with van der Waals surface area (Å²) < 4.78 is 0. The fourth-order valence-corrected chi connectivity index (χ4v) is 1.35. The maximum absolute atomic E-state index is 9.11. The fourth-order valence-electron chi connectivity index (χ4n) is 1.35.